The largest absolute Gasteiger partial charge is 0.457 e. The summed E-state index contributed by atoms with van der Waals surface area (Å²) in [5, 5.41) is 12.2. The summed E-state index contributed by atoms with van der Waals surface area (Å²) in [6.07, 6.45) is 1.54. The Labute approximate surface area is 173 Å². The van der Waals surface area contributed by atoms with E-state index in [0.717, 1.165) is 22.5 Å². The number of rotatable bonds is 5. The van der Waals surface area contributed by atoms with E-state index >= 15 is 0 Å². The smallest absolute Gasteiger partial charge is 0.222 e. The van der Waals surface area contributed by atoms with E-state index in [0.29, 0.717) is 23.0 Å². The van der Waals surface area contributed by atoms with Gasteiger partial charge in [0.25, 0.3) is 0 Å². The zero-order chi connectivity index (χ0) is 20.9. The molecule has 3 N–H and O–H groups in total. The molecule has 0 unspecified atom stereocenters. The molecule has 0 spiro atoms. The number of aryl methyl sites for hydroxylation is 1. The maximum Gasteiger partial charge on any atom is 0.222 e. The highest BCUT2D eigenvalue weighted by atomic mass is 16.5. The van der Waals surface area contributed by atoms with E-state index < -0.39 is 0 Å². The molecule has 0 saturated carbocycles. The first kappa shape index (κ1) is 18.9. The van der Waals surface area contributed by atoms with Gasteiger partial charge in [-0.25, -0.2) is 9.97 Å². The maximum absolute atomic E-state index is 8.94. The van der Waals surface area contributed by atoms with Crippen molar-refractivity contribution >= 4 is 17.5 Å². The molecular formula is C23H18N6O. The fourth-order valence-electron chi connectivity index (χ4n) is 2.95. The predicted molar refractivity (Wildman–Crippen MR) is 115 cm³/mol. The predicted octanol–water partition coefficient (Wildman–Crippen LogP) is 4.84. The van der Waals surface area contributed by atoms with Crippen LogP contribution in [0.1, 0.15) is 11.3 Å². The van der Waals surface area contributed by atoms with Gasteiger partial charge in [-0.15, -0.1) is 0 Å². The van der Waals surface area contributed by atoms with Crippen LogP contribution in [0.5, 0.6) is 11.5 Å². The molecule has 2 aromatic heterocycles. The Bertz CT molecular complexity index is 1230. The van der Waals surface area contributed by atoms with E-state index in [2.05, 4.69) is 20.3 Å². The molecule has 7 heteroatoms. The Morgan fingerprint density at radius 3 is 2.53 bits per heavy atom. The number of nitrogens with two attached hydrogens (primary N) is 1. The highest BCUT2D eigenvalue weighted by Crippen LogP contribution is 2.27. The highest BCUT2D eigenvalue weighted by Gasteiger charge is 2.08. The molecule has 2 heterocycles. The van der Waals surface area contributed by atoms with Crippen molar-refractivity contribution < 1.29 is 4.74 Å². The van der Waals surface area contributed by atoms with Gasteiger partial charge in [0.1, 0.15) is 29.1 Å². The van der Waals surface area contributed by atoms with E-state index in [-0.39, 0.29) is 5.95 Å². The average molecular weight is 394 g/mol. The molecule has 0 amide bonds. The number of ether oxygens (including phenoxy) is 1. The van der Waals surface area contributed by atoms with Gasteiger partial charge in [0, 0.05) is 29.6 Å². The summed E-state index contributed by atoms with van der Waals surface area (Å²) >= 11 is 0. The van der Waals surface area contributed by atoms with E-state index in [1.54, 1.807) is 12.1 Å². The molecule has 0 aliphatic rings. The maximum atomic E-state index is 8.94. The normalized spacial score (nSPS) is 10.3. The van der Waals surface area contributed by atoms with E-state index in [1.165, 1.54) is 6.20 Å². The van der Waals surface area contributed by atoms with E-state index in [9.17, 15) is 0 Å². The summed E-state index contributed by atoms with van der Waals surface area (Å²) < 4.78 is 5.77. The van der Waals surface area contributed by atoms with Crippen LogP contribution >= 0.6 is 0 Å². The Kier molecular flexibility index (Phi) is 5.22. The fraction of sp³-hybridized carbons (Fsp3) is 0.0435. The van der Waals surface area contributed by atoms with Crippen LogP contribution in [0.15, 0.2) is 72.9 Å². The van der Waals surface area contributed by atoms with Gasteiger partial charge in [-0.3, -0.25) is 0 Å². The third kappa shape index (κ3) is 4.34. The lowest BCUT2D eigenvalue weighted by Crippen LogP contribution is -2.02. The van der Waals surface area contributed by atoms with Crippen molar-refractivity contribution in [1.82, 2.24) is 15.0 Å². The van der Waals surface area contributed by atoms with Gasteiger partial charge in [-0.05, 0) is 42.8 Å². The van der Waals surface area contributed by atoms with Crippen LogP contribution < -0.4 is 15.8 Å². The van der Waals surface area contributed by atoms with Crippen molar-refractivity contribution in [2.45, 2.75) is 6.92 Å². The molecule has 0 atom stereocenters. The van der Waals surface area contributed by atoms with Crippen molar-refractivity contribution in [2.24, 2.45) is 0 Å². The van der Waals surface area contributed by atoms with Crippen LogP contribution in [0.2, 0.25) is 0 Å². The summed E-state index contributed by atoms with van der Waals surface area (Å²) in [5.74, 6) is 1.98. The first-order valence-corrected chi connectivity index (χ1v) is 9.22. The van der Waals surface area contributed by atoms with Gasteiger partial charge in [-0.2, -0.15) is 10.2 Å². The van der Waals surface area contributed by atoms with Crippen molar-refractivity contribution in [3.8, 4) is 28.8 Å². The van der Waals surface area contributed by atoms with E-state index in [1.807, 2.05) is 67.6 Å². The third-order valence-electron chi connectivity index (χ3n) is 4.37. The second-order valence-corrected chi connectivity index (χ2v) is 6.55. The van der Waals surface area contributed by atoms with Crippen LogP contribution in [0.3, 0.4) is 0 Å². The Hall–Kier alpha value is -4.44. The van der Waals surface area contributed by atoms with Crippen LogP contribution in [-0.2, 0) is 0 Å². The Morgan fingerprint density at radius 1 is 0.967 bits per heavy atom. The topological polar surface area (TPSA) is 110 Å². The van der Waals surface area contributed by atoms with Crippen LogP contribution in [-0.4, -0.2) is 15.0 Å². The van der Waals surface area contributed by atoms with Crippen LogP contribution in [0, 0.1) is 18.3 Å². The standard InChI is InChI=1S/C23H18N6O/c1-15-4-2-3-5-20(15)21-13-22(29-23(25)28-21)27-16-6-8-18(9-7-16)30-19-10-11-26-17(12-19)14-24/h2-13H,1H3,(H3,25,27,28,29). The van der Waals surface area contributed by atoms with Gasteiger partial charge < -0.3 is 15.8 Å². The fourth-order valence-corrected chi connectivity index (χ4v) is 2.95. The zero-order valence-electron chi connectivity index (χ0n) is 16.2. The van der Waals surface area contributed by atoms with Crippen LogP contribution in [0.25, 0.3) is 11.3 Å². The summed E-state index contributed by atoms with van der Waals surface area (Å²) in [7, 11) is 0. The second-order valence-electron chi connectivity index (χ2n) is 6.55. The number of nitriles is 1. The lowest BCUT2D eigenvalue weighted by atomic mass is 10.1. The third-order valence-corrected chi connectivity index (χ3v) is 4.37. The zero-order valence-corrected chi connectivity index (χ0v) is 16.2. The first-order chi connectivity index (χ1) is 14.6. The van der Waals surface area contributed by atoms with Gasteiger partial charge in [0.15, 0.2) is 0 Å². The van der Waals surface area contributed by atoms with Gasteiger partial charge in [-0.1, -0.05) is 24.3 Å². The quantitative estimate of drug-likeness (QED) is 0.498. The minimum atomic E-state index is 0.198. The minimum absolute atomic E-state index is 0.198. The van der Waals surface area contributed by atoms with Crippen molar-refractivity contribution in [2.75, 3.05) is 11.1 Å². The second kappa shape index (κ2) is 8.29. The monoisotopic (exact) mass is 394 g/mol. The van der Waals surface area contributed by atoms with E-state index in [4.69, 9.17) is 15.7 Å². The van der Waals surface area contributed by atoms with Crippen LogP contribution in [0.4, 0.5) is 17.5 Å². The lowest BCUT2D eigenvalue weighted by molar-refractivity contribution is 0.482. The molecule has 0 aliphatic carbocycles. The molecule has 2 aromatic carbocycles. The van der Waals surface area contributed by atoms with Crippen molar-refractivity contribution in [3.63, 3.8) is 0 Å². The number of pyridine rings is 1. The molecule has 0 radical (unpaired) electrons. The first-order valence-electron chi connectivity index (χ1n) is 9.22. The number of benzene rings is 2. The summed E-state index contributed by atoms with van der Waals surface area (Å²) in [4.78, 5) is 12.6. The van der Waals surface area contributed by atoms with Crippen molar-refractivity contribution in [1.29, 1.82) is 5.26 Å². The Balaban J connectivity index is 1.52. The molecule has 0 fully saturated rings. The summed E-state index contributed by atoms with van der Waals surface area (Å²) in [6, 6.07) is 22.5. The number of nitrogens with one attached hydrogen (secondary N) is 1. The molecule has 0 saturated heterocycles. The molecule has 0 aliphatic heterocycles. The molecule has 7 nitrogen and oxygen atoms in total. The Morgan fingerprint density at radius 2 is 1.77 bits per heavy atom. The SMILES string of the molecule is Cc1ccccc1-c1cc(Nc2ccc(Oc3ccnc(C#N)c3)cc2)nc(N)n1. The van der Waals surface area contributed by atoms with Gasteiger partial charge in [0.2, 0.25) is 5.95 Å². The number of hydrogen-bond acceptors (Lipinski definition) is 7. The minimum Gasteiger partial charge on any atom is -0.457 e. The molecule has 146 valence electrons. The highest BCUT2D eigenvalue weighted by molar-refractivity contribution is 5.69. The van der Waals surface area contributed by atoms with Gasteiger partial charge >= 0.3 is 0 Å². The molecule has 4 aromatic rings. The molecule has 4 rings (SSSR count). The molecular weight excluding hydrogens is 376 g/mol. The average Bonchev–Trinajstić information content (AvgIpc) is 2.75. The number of nitrogen functional groups attached to an aromatic ring is 1. The van der Waals surface area contributed by atoms with Crippen molar-refractivity contribution in [3.05, 3.63) is 84.2 Å². The summed E-state index contributed by atoms with van der Waals surface area (Å²) in [5.41, 5.74) is 9.92. The number of hydrogen-bond donors (Lipinski definition) is 2. The number of nitrogens with zero attached hydrogens (tertiary/aromatic N) is 4. The van der Waals surface area contributed by atoms with Gasteiger partial charge in [0.05, 0.1) is 5.69 Å². The molecule has 30 heavy (non-hydrogen) atoms. The lowest BCUT2D eigenvalue weighted by Gasteiger charge is -2.11. The number of anilines is 3. The summed E-state index contributed by atoms with van der Waals surface area (Å²) in [6.45, 7) is 2.03. The number of aromatic nitrogens is 3. The molecule has 0 bridgehead atoms.